The Kier molecular flexibility index (Phi) is 2.25. The van der Waals surface area contributed by atoms with Crippen molar-refractivity contribution >= 4 is 5.65 Å². The molecule has 1 fully saturated rings. The van der Waals surface area contributed by atoms with E-state index in [0.717, 1.165) is 31.9 Å². The highest BCUT2D eigenvalue weighted by Gasteiger charge is 2.17. The molecule has 2 aromatic heterocycles. The monoisotopic (exact) mass is 219 g/mol. The minimum Gasteiger partial charge on any atom is -0.381 e. The number of H-pyrrole nitrogens is 1. The quantitative estimate of drug-likeness (QED) is 0.804. The summed E-state index contributed by atoms with van der Waals surface area (Å²) in [5.74, 6) is 1.38. The van der Waals surface area contributed by atoms with Crippen LogP contribution in [-0.4, -0.2) is 27.8 Å². The van der Waals surface area contributed by atoms with Crippen LogP contribution >= 0.6 is 0 Å². The number of hydrogen-bond acceptors (Lipinski definition) is 3. The Hall–Kier alpha value is -1.62. The Morgan fingerprint density at radius 3 is 3.25 bits per heavy atom. The van der Waals surface area contributed by atoms with E-state index in [0.29, 0.717) is 11.6 Å². The molecule has 3 heterocycles. The van der Waals surface area contributed by atoms with Crippen LogP contribution < -0.4 is 5.56 Å². The van der Waals surface area contributed by atoms with Gasteiger partial charge in [-0.05, 0) is 18.4 Å². The van der Waals surface area contributed by atoms with Gasteiger partial charge in [-0.25, -0.2) is 9.50 Å². The van der Waals surface area contributed by atoms with E-state index in [1.54, 1.807) is 6.07 Å². The number of ether oxygens (including phenoxy) is 1. The van der Waals surface area contributed by atoms with Gasteiger partial charge >= 0.3 is 0 Å². The summed E-state index contributed by atoms with van der Waals surface area (Å²) in [7, 11) is 0. The van der Waals surface area contributed by atoms with Gasteiger partial charge in [-0.2, -0.15) is 0 Å². The number of hydrogen-bond donors (Lipinski definition) is 1. The van der Waals surface area contributed by atoms with E-state index in [1.165, 1.54) is 10.6 Å². The Balaban J connectivity index is 1.93. The largest absolute Gasteiger partial charge is 0.381 e. The topological polar surface area (TPSA) is 59.4 Å². The molecule has 1 saturated heterocycles. The van der Waals surface area contributed by atoms with Crippen molar-refractivity contribution in [2.75, 3.05) is 13.2 Å². The number of rotatable bonds is 2. The van der Waals surface area contributed by atoms with Gasteiger partial charge in [0.15, 0.2) is 5.65 Å². The van der Waals surface area contributed by atoms with Crippen LogP contribution in [0, 0.1) is 5.92 Å². The second kappa shape index (κ2) is 3.75. The standard InChI is InChI=1S/C11H13N3O2/c15-11-3-1-2-10-12-9(13-14(10)11)6-8-4-5-16-7-8/h1-3,8H,4-7H2,(H,12,13). The first-order valence-corrected chi connectivity index (χ1v) is 5.47. The molecule has 0 bridgehead atoms. The van der Waals surface area contributed by atoms with Gasteiger partial charge in [-0.15, -0.1) is 0 Å². The minimum atomic E-state index is -0.0704. The van der Waals surface area contributed by atoms with E-state index in [9.17, 15) is 4.79 Å². The van der Waals surface area contributed by atoms with Gasteiger partial charge in [0, 0.05) is 25.7 Å². The number of nitrogens with one attached hydrogen (secondary N) is 1. The molecule has 0 spiro atoms. The maximum atomic E-state index is 11.5. The molecule has 16 heavy (non-hydrogen) atoms. The Morgan fingerprint density at radius 2 is 2.50 bits per heavy atom. The van der Waals surface area contributed by atoms with Gasteiger partial charge in [0.25, 0.3) is 5.56 Å². The Morgan fingerprint density at radius 1 is 1.56 bits per heavy atom. The van der Waals surface area contributed by atoms with Crippen molar-refractivity contribution in [3.63, 3.8) is 0 Å². The Labute approximate surface area is 92.1 Å². The molecule has 1 unspecified atom stereocenters. The minimum absolute atomic E-state index is 0.0704. The van der Waals surface area contributed by atoms with Crippen LogP contribution in [0.5, 0.6) is 0 Å². The highest BCUT2D eigenvalue weighted by molar-refractivity contribution is 5.36. The fraction of sp³-hybridized carbons (Fsp3) is 0.455. The molecule has 5 heteroatoms. The summed E-state index contributed by atoms with van der Waals surface area (Å²) in [6.07, 6.45) is 1.92. The number of aromatic amines is 1. The van der Waals surface area contributed by atoms with Crippen molar-refractivity contribution in [1.29, 1.82) is 0 Å². The van der Waals surface area contributed by atoms with E-state index in [1.807, 2.05) is 6.07 Å². The Bertz CT molecular complexity index is 552. The highest BCUT2D eigenvalue weighted by atomic mass is 16.5. The summed E-state index contributed by atoms with van der Waals surface area (Å²) in [6.45, 7) is 1.64. The lowest BCUT2D eigenvalue weighted by atomic mass is 10.1. The molecule has 0 aromatic carbocycles. The fourth-order valence-electron chi connectivity index (χ4n) is 2.08. The van der Waals surface area contributed by atoms with Crippen molar-refractivity contribution in [2.45, 2.75) is 12.8 Å². The first-order valence-electron chi connectivity index (χ1n) is 5.47. The van der Waals surface area contributed by atoms with Crippen molar-refractivity contribution in [1.82, 2.24) is 14.6 Å². The average molecular weight is 219 g/mol. The van der Waals surface area contributed by atoms with Crippen LogP contribution in [0.4, 0.5) is 0 Å². The third-order valence-corrected chi connectivity index (χ3v) is 2.93. The molecule has 1 aliphatic heterocycles. The number of fused-ring (bicyclic) bond motifs is 1. The molecule has 0 aliphatic carbocycles. The molecule has 1 aliphatic rings. The molecule has 1 N–H and O–H groups in total. The van der Waals surface area contributed by atoms with Crippen LogP contribution in [-0.2, 0) is 11.2 Å². The van der Waals surface area contributed by atoms with Crippen molar-refractivity contribution in [3.8, 4) is 0 Å². The maximum Gasteiger partial charge on any atom is 0.271 e. The molecule has 1 atom stereocenters. The van der Waals surface area contributed by atoms with Crippen molar-refractivity contribution < 1.29 is 4.74 Å². The molecule has 2 aromatic rings. The van der Waals surface area contributed by atoms with E-state index in [4.69, 9.17) is 4.74 Å². The summed E-state index contributed by atoms with van der Waals surface area (Å²) in [5.41, 5.74) is 0.611. The smallest absolute Gasteiger partial charge is 0.271 e. The maximum absolute atomic E-state index is 11.5. The summed E-state index contributed by atoms with van der Waals surface area (Å²) >= 11 is 0. The zero-order chi connectivity index (χ0) is 11.0. The normalized spacial score (nSPS) is 20.6. The molecule has 0 amide bonds. The predicted molar refractivity (Wildman–Crippen MR) is 58.4 cm³/mol. The first kappa shape index (κ1) is 9.59. The number of aromatic nitrogens is 3. The van der Waals surface area contributed by atoms with Crippen LogP contribution in [0.15, 0.2) is 23.0 Å². The lowest BCUT2D eigenvalue weighted by Gasteiger charge is -2.02. The van der Waals surface area contributed by atoms with E-state index in [2.05, 4.69) is 10.1 Å². The summed E-state index contributed by atoms with van der Waals surface area (Å²) in [6, 6.07) is 5.07. The van der Waals surface area contributed by atoms with Gasteiger partial charge in [-0.3, -0.25) is 9.89 Å². The fourth-order valence-corrected chi connectivity index (χ4v) is 2.08. The highest BCUT2D eigenvalue weighted by Crippen LogP contribution is 2.16. The summed E-state index contributed by atoms with van der Waals surface area (Å²) in [4.78, 5) is 15.9. The third kappa shape index (κ3) is 1.63. The summed E-state index contributed by atoms with van der Waals surface area (Å²) < 4.78 is 6.79. The third-order valence-electron chi connectivity index (χ3n) is 2.93. The SMILES string of the molecule is O=c1cccc2nc(CC3CCOC3)[nH]n12. The van der Waals surface area contributed by atoms with Crippen molar-refractivity contribution in [3.05, 3.63) is 34.4 Å². The average Bonchev–Trinajstić information content (AvgIpc) is 2.88. The van der Waals surface area contributed by atoms with Gasteiger partial charge in [-0.1, -0.05) is 6.07 Å². The van der Waals surface area contributed by atoms with E-state index < -0.39 is 0 Å². The molecule has 0 radical (unpaired) electrons. The van der Waals surface area contributed by atoms with Crippen molar-refractivity contribution in [2.24, 2.45) is 5.92 Å². The molecule has 3 rings (SSSR count). The lowest BCUT2D eigenvalue weighted by Crippen LogP contribution is -2.12. The second-order valence-corrected chi connectivity index (χ2v) is 4.16. The van der Waals surface area contributed by atoms with Crippen LogP contribution in [0.3, 0.4) is 0 Å². The number of nitrogens with zero attached hydrogens (tertiary/aromatic N) is 2. The van der Waals surface area contributed by atoms with Crippen LogP contribution in [0.1, 0.15) is 12.2 Å². The van der Waals surface area contributed by atoms with E-state index >= 15 is 0 Å². The first-order chi connectivity index (χ1) is 7.83. The number of pyridine rings is 1. The van der Waals surface area contributed by atoms with Crippen LogP contribution in [0.2, 0.25) is 0 Å². The van der Waals surface area contributed by atoms with Crippen LogP contribution in [0.25, 0.3) is 5.65 Å². The van der Waals surface area contributed by atoms with Gasteiger partial charge in [0.2, 0.25) is 0 Å². The lowest BCUT2D eigenvalue weighted by molar-refractivity contribution is 0.185. The zero-order valence-corrected chi connectivity index (χ0v) is 8.85. The molecule has 0 saturated carbocycles. The molecular weight excluding hydrogens is 206 g/mol. The van der Waals surface area contributed by atoms with E-state index in [-0.39, 0.29) is 5.56 Å². The van der Waals surface area contributed by atoms with Gasteiger partial charge in [0.1, 0.15) is 5.82 Å². The van der Waals surface area contributed by atoms with Gasteiger partial charge < -0.3 is 4.74 Å². The predicted octanol–water partition coefficient (Wildman–Crippen LogP) is 0.602. The molecular formula is C11H13N3O2. The molecule has 5 nitrogen and oxygen atoms in total. The van der Waals surface area contributed by atoms with Gasteiger partial charge in [0.05, 0.1) is 0 Å². The molecule has 84 valence electrons. The zero-order valence-electron chi connectivity index (χ0n) is 8.85. The summed E-state index contributed by atoms with van der Waals surface area (Å²) in [5, 5.41) is 3.03. The second-order valence-electron chi connectivity index (χ2n) is 4.16.